The Morgan fingerprint density at radius 3 is 3.10 bits per heavy atom. The monoisotopic (exact) mass is 170 g/mol. The fourth-order valence-corrected chi connectivity index (χ4v) is 1.67. The lowest BCUT2D eigenvalue weighted by molar-refractivity contribution is 1.33. The quantitative estimate of drug-likeness (QED) is 0.607. The van der Waals surface area contributed by atoms with E-state index < -0.39 is 0 Å². The van der Waals surface area contributed by atoms with Crippen LogP contribution in [0.4, 0.5) is 0 Å². The van der Waals surface area contributed by atoms with Crippen molar-refractivity contribution in [1.82, 2.24) is 9.97 Å². The van der Waals surface area contributed by atoms with Crippen molar-refractivity contribution in [3.8, 4) is 0 Å². The predicted molar refractivity (Wildman–Crippen MR) is 42.4 cm³/mol. The van der Waals surface area contributed by atoms with Gasteiger partial charge in [0.25, 0.3) is 0 Å². The average Bonchev–Trinajstić information content (AvgIpc) is 2.36. The number of rotatable bonds is 0. The SMILES string of the molecule is Clc1ccnc2ncsc12. The normalized spacial score (nSPS) is 10.5. The molecule has 0 amide bonds. The van der Waals surface area contributed by atoms with Crippen molar-refractivity contribution in [2.75, 3.05) is 0 Å². The van der Waals surface area contributed by atoms with Gasteiger partial charge >= 0.3 is 0 Å². The summed E-state index contributed by atoms with van der Waals surface area (Å²) in [5.41, 5.74) is 2.47. The van der Waals surface area contributed by atoms with Crippen molar-refractivity contribution in [2.24, 2.45) is 0 Å². The Labute approximate surface area is 66.5 Å². The van der Waals surface area contributed by atoms with E-state index in [0.717, 1.165) is 15.4 Å². The van der Waals surface area contributed by atoms with Crippen molar-refractivity contribution in [1.29, 1.82) is 0 Å². The van der Waals surface area contributed by atoms with Gasteiger partial charge in [-0.15, -0.1) is 11.3 Å². The third-order valence-electron chi connectivity index (χ3n) is 1.18. The third kappa shape index (κ3) is 0.786. The van der Waals surface area contributed by atoms with Crippen LogP contribution in [0.5, 0.6) is 0 Å². The van der Waals surface area contributed by atoms with Gasteiger partial charge in [-0.1, -0.05) is 11.6 Å². The topological polar surface area (TPSA) is 25.8 Å². The molecule has 2 rings (SSSR count). The van der Waals surface area contributed by atoms with Crippen LogP contribution in [0.1, 0.15) is 0 Å². The molecule has 0 saturated heterocycles. The summed E-state index contributed by atoms with van der Waals surface area (Å²) in [7, 11) is 0. The van der Waals surface area contributed by atoms with Gasteiger partial charge in [-0.05, 0) is 6.07 Å². The summed E-state index contributed by atoms with van der Waals surface area (Å²) in [6.07, 6.45) is 1.66. The first-order valence-corrected chi connectivity index (χ1v) is 3.97. The number of halogens is 1. The molecule has 0 fully saturated rings. The first kappa shape index (κ1) is 6.07. The molecular weight excluding hydrogens is 168 g/mol. The Bertz CT molecular complexity index is 357. The number of hydrogen-bond acceptors (Lipinski definition) is 3. The predicted octanol–water partition coefficient (Wildman–Crippen LogP) is 2.34. The van der Waals surface area contributed by atoms with Crippen LogP contribution < -0.4 is 0 Å². The molecule has 0 bridgehead atoms. The first-order chi connectivity index (χ1) is 4.88. The zero-order chi connectivity index (χ0) is 6.97. The first-order valence-electron chi connectivity index (χ1n) is 2.71. The van der Waals surface area contributed by atoms with E-state index in [1.807, 2.05) is 0 Å². The van der Waals surface area contributed by atoms with Crippen LogP contribution in [-0.2, 0) is 0 Å². The van der Waals surface area contributed by atoms with E-state index in [4.69, 9.17) is 11.6 Å². The largest absolute Gasteiger partial charge is 0.236 e. The van der Waals surface area contributed by atoms with Crippen molar-refractivity contribution in [3.63, 3.8) is 0 Å². The van der Waals surface area contributed by atoms with Crippen LogP contribution in [0.2, 0.25) is 5.02 Å². The summed E-state index contributed by atoms with van der Waals surface area (Å²) in [5.74, 6) is 0. The van der Waals surface area contributed by atoms with Crippen LogP contribution in [0.15, 0.2) is 17.8 Å². The van der Waals surface area contributed by atoms with E-state index in [2.05, 4.69) is 9.97 Å². The molecule has 2 heterocycles. The minimum Gasteiger partial charge on any atom is -0.236 e. The highest BCUT2D eigenvalue weighted by Gasteiger charge is 1.99. The van der Waals surface area contributed by atoms with E-state index in [1.165, 1.54) is 11.3 Å². The zero-order valence-corrected chi connectivity index (χ0v) is 6.49. The zero-order valence-electron chi connectivity index (χ0n) is 4.91. The molecular formula is C6H3ClN2S. The maximum absolute atomic E-state index is 5.83. The molecule has 0 aliphatic rings. The molecule has 10 heavy (non-hydrogen) atoms. The van der Waals surface area contributed by atoms with E-state index in [9.17, 15) is 0 Å². The Balaban J connectivity index is 2.95. The van der Waals surface area contributed by atoms with E-state index >= 15 is 0 Å². The molecule has 0 saturated carbocycles. The third-order valence-corrected chi connectivity index (χ3v) is 2.46. The molecule has 0 radical (unpaired) electrons. The van der Waals surface area contributed by atoms with Crippen LogP contribution in [-0.4, -0.2) is 9.97 Å². The van der Waals surface area contributed by atoms with Gasteiger partial charge in [-0.2, -0.15) is 0 Å². The minimum absolute atomic E-state index is 0.729. The van der Waals surface area contributed by atoms with Crippen molar-refractivity contribution >= 4 is 33.3 Å². The number of pyridine rings is 1. The maximum atomic E-state index is 5.83. The summed E-state index contributed by atoms with van der Waals surface area (Å²) in [4.78, 5) is 8.02. The van der Waals surface area contributed by atoms with Crippen molar-refractivity contribution in [2.45, 2.75) is 0 Å². The lowest BCUT2D eigenvalue weighted by Gasteiger charge is -1.87. The molecule has 50 valence electrons. The highest BCUT2D eigenvalue weighted by atomic mass is 35.5. The van der Waals surface area contributed by atoms with Gasteiger partial charge in [0.15, 0.2) is 5.65 Å². The summed E-state index contributed by atoms with van der Waals surface area (Å²) >= 11 is 7.34. The van der Waals surface area contributed by atoms with Crippen LogP contribution >= 0.6 is 22.9 Å². The minimum atomic E-state index is 0.729. The van der Waals surface area contributed by atoms with E-state index in [-0.39, 0.29) is 0 Å². The molecule has 0 atom stereocenters. The summed E-state index contributed by atoms with van der Waals surface area (Å²) in [5, 5.41) is 0.729. The van der Waals surface area contributed by atoms with E-state index in [1.54, 1.807) is 17.8 Å². The molecule has 2 aromatic heterocycles. The molecule has 0 N–H and O–H groups in total. The maximum Gasteiger partial charge on any atom is 0.171 e. The summed E-state index contributed by atoms with van der Waals surface area (Å²) < 4.78 is 0.962. The van der Waals surface area contributed by atoms with Crippen LogP contribution in [0.3, 0.4) is 0 Å². The van der Waals surface area contributed by atoms with Crippen molar-refractivity contribution < 1.29 is 0 Å². The lowest BCUT2D eigenvalue weighted by atomic mass is 10.5. The highest BCUT2D eigenvalue weighted by Crippen LogP contribution is 2.23. The second kappa shape index (κ2) is 2.18. The molecule has 2 aromatic rings. The second-order valence-electron chi connectivity index (χ2n) is 1.80. The molecule has 0 aliphatic heterocycles. The molecule has 0 aliphatic carbocycles. The molecule has 0 unspecified atom stereocenters. The second-order valence-corrected chi connectivity index (χ2v) is 3.06. The Kier molecular flexibility index (Phi) is 1.32. The summed E-state index contributed by atoms with van der Waals surface area (Å²) in [6.45, 7) is 0. The lowest BCUT2D eigenvalue weighted by Crippen LogP contribution is -1.73. The number of fused-ring (bicyclic) bond motifs is 1. The average molecular weight is 171 g/mol. The molecule has 0 aromatic carbocycles. The van der Waals surface area contributed by atoms with Crippen LogP contribution in [0.25, 0.3) is 10.3 Å². The van der Waals surface area contributed by atoms with Crippen molar-refractivity contribution in [3.05, 3.63) is 22.8 Å². The van der Waals surface area contributed by atoms with Gasteiger partial charge in [0, 0.05) is 6.20 Å². The van der Waals surface area contributed by atoms with Gasteiger partial charge in [-0.25, -0.2) is 9.97 Å². The Morgan fingerprint density at radius 1 is 1.40 bits per heavy atom. The standard InChI is InChI=1S/C6H3ClN2S/c7-4-1-2-8-6-5(4)10-3-9-6/h1-3H. The fraction of sp³-hybridized carbons (Fsp3) is 0. The number of nitrogens with zero attached hydrogens (tertiary/aromatic N) is 2. The molecule has 0 spiro atoms. The van der Waals surface area contributed by atoms with Gasteiger partial charge in [0.05, 0.1) is 15.2 Å². The van der Waals surface area contributed by atoms with Gasteiger partial charge in [-0.3, -0.25) is 0 Å². The molecule has 2 nitrogen and oxygen atoms in total. The fourth-order valence-electron chi connectivity index (χ4n) is 0.744. The summed E-state index contributed by atoms with van der Waals surface area (Å²) in [6, 6.07) is 1.77. The molecule has 4 heteroatoms. The number of thiazole rings is 1. The smallest absolute Gasteiger partial charge is 0.171 e. The Morgan fingerprint density at radius 2 is 2.30 bits per heavy atom. The van der Waals surface area contributed by atoms with Gasteiger partial charge in [0.1, 0.15) is 0 Å². The Hall–Kier alpha value is -0.670. The number of hydrogen-bond donors (Lipinski definition) is 0. The van der Waals surface area contributed by atoms with Gasteiger partial charge < -0.3 is 0 Å². The number of aromatic nitrogens is 2. The van der Waals surface area contributed by atoms with Crippen LogP contribution in [0, 0.1) is 0 Å². The van der Waals surface area contributed by atoms with Gasteiger partial charge in [0.2, 0.25) is 0 Å². The van der Waals surface area contributed by atoms with E-state index in [0.29, 0.717) is 0 Å². The highest BCUT2D eigenvalue weighted by molar-refractivity contribution is 7.17.